The molecule has 0 spiro atoms. The Kier molecular flexibility index (Phi) is 3.65. The molecular formula is C14H19N3O. The predicted molar refractivity (Wildman–Crippen MR) is 70.7 cm³/mol. The maximum absolute atomic E-state index is 5.80. The minimum Gasteiger partial charge on any atom is -0.485 e. The molecule has 0 radical (unpaired) electrons. The van der Waals surface area contributed by atoms with Crippen LogP contribution in [-0.4, -0.2) is 14.8 Å². The molecule has 1 heterocycles. The largest absolute Gasteiger partial charge is 0.485 e. The van der Waals surface area contributed by atoms with Gasteiger partial charge in [0.2, 0.25) is 0 Å². The standard InChI is InChI=1S/C14H19N3O/c1-10(2)17-14(15-9-16-17)8-18-13-6-5-11(3)7-12(13)4/h5-7,9-10H,8H2,1-4H3. The van der Waals surface area contributed by atoms with E-state index in [4.69, 9.17) is 4.74 Å². The van der Waals surface area contributed by atoms with Crippen LogP contribution in [0.15, 0.2) is 24.5 Å². The highest BCUT2D eigenvalue weighted by molar-refractivity contribution is 5.35. The van der Waals surface area contributed by atoms with Crippen LogP contribution in [0.5, 0.6) is 5.75 Å². The van der Waals surface area contributed by atoms with Crippen LogP contribution in [-0.2, 0) is 6.61 Å². The fourth-order valence-corrected chi connectivity index (χ4v) is 1.91. The Hall–Kier alpha value is -1.84. The molecule has 0 saturated heterocycles. The Bertz CT molecular complexity index is 532. The van der Waals surface area contributed by atoms with E-state index in [0.717, 1.165) is 17.1 Å². The third-order valence-corrected chi connectivity index (χ3v) is 2.82. The highest BCUT2D eigenvalue weighted by Gasteiger charge is 2.08. The average Bonchev–Trinajstić information content (AvgIpc) is 2.76. The first-order chi connectivity index (χ1) is 8.58. The molecule has 2 rings (SSSR count). The van der Waals surface area contributed by atoms with Gasteiger partial charge in [0, 0.05) is 6.04 Å². The number of aromatic nitrogens is 3. The number of nitrogens with zero attached hydrogens (tertiary/aromatic N) is 3. The second-order valence-corrected chi connectivity index (χ2v) is 4.77. The molecule has 1 aromatic heterocycles. The van der Waals surface area contributed by atoms with Crippen LogP contribution in [0.3, 0.4) is 0 Å². The van der Waals surface area contributed by atoms with Crippen LogP contribution in [0.1, 0.15) is 36.8 Å². The van der Waals surface area contributed by atoms with Crippen molar-refractivity contribution in [3.8, 4) is 5.75 Å². The van der Waals surface area contributed by atoms with Gasteiger partial charge in [0.1, 0.15) is 18.7 Å². The van der Waals surface area contributed by atoms with Gasteiger partial charge in [0.25, 0.3) is 0 Å². The van der Waals surface area contributed by atoms with Crippen LogP contribution in [0.4, 0.5) is 0 Å². The Balaban J connectivity index is 2.09. The summed E-state index contributed by atoms with van der Waals surface area (Å²) in [5.41, 5.74) is 2.39. The lowest BCUT2D eigenvalue weighted by molar-refractivity contribution is 0.280. The first kappa shape index (κ1) is 12.6. The molecule has 0 aliphatic rings. The van der Waals surface area contributed by atoms with Gasteiger partial charge in [0.05, 0.1) is 0 Å². The zero-order valence-electron chi connectivity index (χ0n) is 11.3. The maximum Gasteiger partial charge on any atom is 0.165 e. The number of hydrogen-bond donors (Lipinski definition) is 0. The van der Waals surface area contributed by atoms with Crippen molar-refractivity contribution in [3.63, 3.8) is 0 Å². The van der Waals surface area contributed by atoms with Gasteiger partial charge in [-0.15, -0.1) is 0 Å². The molecule has 0 amide bonds. The van der Waals surface area contributed by atoms with Crippen molar-refractivity contribution in [2.45, 2.75) is 40.3 Å². The molecule has 0 unspecified atom stereocenters. The molecule has 0 fully saturated rings. The number of rotatable bonds is 4. The SMILES string of the molecule is Cc1ccc(OCc2ncnn2C(C)C)c(C)c1. The van der Waals surface area contributed by atoms with Crippen molar-refractivity contribution in [3.05, 3.63) is 41.5 Å². The zero-order chi connectivity index (χ0) is 13.1. The van der Waals surface area contributed by atoms with E-state index in [2.05, 4.69) is 49.9 Å². The van der Waals surface area contributed by atoms with Crippen molar-refractivity contribution in [1.29, 1.82) is 0 Å². The zero-order valence-corrected chi connectivity index (χ0v) is 11.3. The van der Waals surface area contributed by atoms with Crippen molar-refractivity contribution in [2.75, 3.05) is 0 Å². The second kappa shape index (κ2) is 5.21. The molecule has 0 atom stereocenters. The van der Waals surface area contributed by atoms with E-state index < -0.39 is 0 Å². The molecular weight excluding hydrogens is 226 g/mol. The summed E-state index contributed by atoms with van der Waals surface area (Å²) in [5, 5.41) is 4.19. The van der Waals surface area contributed by atoms with Crippen molar-refractivity contribution in [1.82, 2.24) is 14.8 Å². The quantitative estimate of drug-likeness (QED) is 0.831. The lowest BCUT2D eigenvalue weighted by Crippen LogP contribution is -2.11. The number of hydrogen-bond acceptors (Lipinski definition) is 3. The summed E-state index contributed by atoms with van der Waals surface area (Å²) < 4.78 is 7.68. The van der Waals surface area contributed by atoms with E-state index in [0.29, 0.717) is 12.6 Å². The molecule has 4 heteroatoms. The number of benzene rings is 1. The van der Waals surface area contributed by atoms with Crippen molar-refractivity contribution in [2.24, 2.45) is 0 Å². The lowest BCUT2D eigenvalue weighted by atomic mass is 10.1. The van der Waals surface area contributed by atoms with Crippen LogP contribution >= 0.6 is 0 Å². The monoisotopic (exact) mass is 245 g/mol. The first-order valence-electron chi connectivity index (χ1n) is 6.16. The third kappa shape index (κ3) is 2.70. The summed E-state index contributed by atoms with van der Waals surface area (Å²) in [7, 11) is 0. The molecule has 0 bridgehead atoms. The van der Waals surface area contributed by atoms with Crippen LogP contribution in [0.2, 0.25) is 0 Å². The Morgan fingerprint density at radius 2 is 2.06 bits per heavy atom. The fraction of sp³-hybridized carbons (Fsp3) is 0.429. The molecule has 1 aromatic carbocycles. The molecule has 0 N–H and O–H groups in total. The molecule has 96 valence electrons. The number of ether oxygens (including phenoxy) is 1. The van der Waals surface area contributed by atoms with E-state index in [1.54, 1.807) is 6.33 Å². The van der Waals surface area contributed by atoms with Gasteiger partial charge in [0.15, 0.2) is 5.82 Å². The normalized spacial score (nSPS) is 10.9. The average molecular weight is 245 g/mol. The van der Waals surface area contributed by atoms with Crippen molar-refractivity contribution >= 4 is 0 Å². The van der Waals surface area contributed by atoms with Gasteiger partial charge in [-0.2, -0.15) is 5.10 Å². The molecule has 18 heavy (non-hydrogen) atoms. The molecule has 0 saturated carbocycles. The minimum atomic E-state index is 0.296. The van der Waals surface area contributed by atoms with Gasteiger partial charge in [-0.25, -0.2) is 9.67 Å². The second-order valence-electron chi connectivity index (χ2n) is 4.77. The highest BCUT2D eigenvalue weighted by Crippen LogP contribution is 2.20. The summed E-state index contributed by atoms with van der Waals surface area (Å²) in [6, 6.07) is 6.46. The Morgan fingerprint density at radius 1 is 1.28 bits per heavy atom. The smallest absolute Gasteiger partial charge is 0.165 e. The van der Waals surface area contributed by atoms with E-state index in [-0.39, 0.29) is 0 Å². The summed E-state index contributed by atoms with van der Waals surface area (Å²) in [6.45, 7) is 8.73. The molecule has 0 aliphatic heterocycles. The summed E-state index contributed by atoms with van der Waals surface area (Å²) in [6.07, 6.45) is 1.57. The van der Waals surface area contributed by atoms with Crippen LogP contribution in [0, 0.1) is 13.8 Å². The van der Waals surface area contributed by atoms with Crippen LogP contribution in [0.25, 0.3) is 0 Å². The van der Waals surface area contributed by atoms with Gasteiger partial charge >= 0.3 is 0 Å². The Labute approximate surface area is 108 Å². The highest BCUT2D eigenvalue weighted by atomic mass is 16.5. The third-order valence-electron chi connectivity index (χ3n) is 2.82. The van der Waals surface area contributed by atoms with E-state index >= 15 is 0 Å². The Morgan fingerprint density at radius 3 is 2.72 bits per heavy atom. The minimum absolute atomic E-state index is 0.296. The lowest BCUT2D eigenvalue weighted by Gasteiger charge is -2.12. The summed E-state index contributed by atoms with van der Waals surface area (Å²) in [5.74, 6) is 1.75. The molecule has 2 aromatic rings. The molecule has 4 nitrogen and oxygen atoms in total. The topological polar surface area (TPSA) is 39.9 Å². The first-order valence-corrected chi connectivity index (χ1v) is 6.16. The predicted octanol–water partition coefficient (Wildman–Crippen LogP) is 3.05. The molecule has 0 aliphatic carbocycles. The van der Waals surface area contributed by atoms with E-state index in [9.17, 15) is 0 Å². The van der Waals surface area contributed by atoms with Crippen LogP contribution < -0.4 is 4.74 Å². The summed E-state index contributed by atoms with van der Waals surface area (Å²) in [4.78, 5) is 4.23. The van der Waals surface area contributed by atoms with E-state index in [1.807, 2.05) is 10.7 Å². The van der Waals surface area contributed by atoms with Crippen molar-refractivity contribution < 1.29 is 4.74 Å². The number of aryl methyl sites for hydroxylation is 2. The van der Waals surface area contributed by atoms with Gasteiger partial charge in [-0.05, 0) is 39.3 Å². The maximum atomic E-state index is 5.80. The summed E-state index contributed by atoms with van der Waals surface area (Å²) >= 11 is 0. The van der Waals surface area contributed by atoms with Gasteiger partial charge in [-0.3, -0.25) is 0 Å². The van der Waals surface area contributed by atoms with E-state index in [1.165, 1.54) is 5.56 Å². The van der Waals surface area contributed by atoms with Gasteiger partial charge < -0.3 is 4.74 Å². The van der Waals surface area contributed by atoms with Gasteiger partial charge in [-0.1, -0.05) is 17.7 Å². The fourth-order valence-electron chi connectivity index (χ4n) is 1.91.